The summed E-state index contributed by atoms with van der Waals surface area (Å²) in [5.74, 6) is 0.269. The summed E-state index contributed by atoms with van der Waals surface area (Å²) < 4.78 is 10.6. The molecule has 7 heteroatoms. The third-order valence-corrected chi connectivity index (χ3v) is 2.81. The molecule has 0 spiro atoms. The van der Waals surface area contributed by atoms with E-state index < -0.39 is 24.1 Å². The van der Waals surface area contributed by atoms with Crippen molar-refractivity contribution in [1.29, 1.82) is 0 Å². The van der Waals surface area contributed by atoms with Gasteiger partial charge in [-0.05, 0) is 26.0 Å². The molecule has 21 heavy (non-hydrogen) atoms. The van der Waals surface area contributed by atoms with Crippen LogP contribution in [0.5, 0.6) is 11.5 Å². The number of imide groups is 1. The third kappa shape index (κ3) is 4.64. The maximum Gasteiger partial charge on any atom is 0.321 e. The van der Waals surface area contributed by atoms with Crippen molar-refractivity contribution >= 4 is 11.9 Å². The van der Waals surface area contributed by atoms with Crippen molar-refractivity contribution in [2.75, 3.05) is 14.2 Å². The molecule has 0 aromatic heterocycles. The van der Waals surface area contributed by atoms with Gasteiger partial charge in [-0.1, -0.05) is 0 Å². The van der Waals surface area contributed by atoms with Crippen LogP contribution < -0.4 is 20.1 Å². The summed E-state index contributed by atoms with van der Waals surface area (Å²) >= 11 is 0. The second-order valence-corrected chi connectivity index (χ2v) is 4.41. The molecule has 0 fully saturated rings. The van der Waals surface area contributed by atoms with Crippen molar-refractivity contribution in [2.24, 2.45) is 0 Å². The predicted molar refractivity (Wildman–Crippen MR) is 76.3 cm³/mol. The fraction of sp³-hybridized carbons (Fsp3) is 0.429. The minimum atomic E-state index is -0.910. The first-order chi connectivity index (χ1) is 9.88. The van der Waals surface area contributed by atoms with E-state index in [4.69, 9.17) is 9.47 Å². The van der Waals surface area contributed by atoms with Crippen LogP contribution in [0.15, 0.2) is 18.2 Å². The minimum Gasteiger partial charge on any atom is -0.497 e. The monoisotopic (exact) mass is 296 g/mol. The maximum atomic E-state index is 11.8. The highest BCUT2D eigenvalue weighted by Gasteiger charge is 2.20. The van der Waals surface area contributed by atoms with Crippen LogP contribution in [0.2, 0.25) is 0 Å². The highest BCUT2D eigenvalue weighted by Crippen LogP contribution is 2.30. The lowest BCUT2D eigenvalue weighted by atomic mass is 10.1. The van der Waals surface area contributed by atoms with Gasteiger partial charge in [-0.15, -0.1) is 0 Å². The van der Waals surface area contributed by atoms with E-state index in [0.29, 0.717) is 17.1 Å². The van der Waals surface area contributed by atoms with Crippen molar-refractivity contribution in [1.82, 2.24) is 10.6 Å². The Balaban J connectivity index is 2.89. The minimum absolute atomic E-state index is 0.323. The van der Waals surface area contributed by atoms with Gasteiger partial charge in [0, 0.05) is 18.7 Å². The number of methoxy groups -OCH3 is 1. The fourth-order valence-corrected chi connectivity index (χ4v) is 1.61. The molecule has 3 amide bonds. The van der Waals surface area contributed by atoms with Gasteiger partial charge < -0.3 is 19.9 Å². The Morgan fingerprint density at radius 2 is 1.95 bits per heavy atom. The summed E-state index contributed by atoms with van der Waals surface area (Å²) in [5.41, 5.74) is 0.524. The third-order valence-electron chi connectivity index (χ3n) is 2.81. The van der Waals surface area contributed by atoms with E-state index in [0.717, 1.165) is 0 Å². The molecule has 0 radical (unpaired) electrons. The Morgan fingerprint density at radius 1 is 1.29 bits per heavy atom. The number of nitrogens with one attached hydrogen (secondary N) is 2. The number of ether oxygens (including phenoxy) is 2. The van der Waals surface area contributed by atoms with E-state index in [-0.39, 0.29) is 0 Å². The normalized spacial score (nSPS) is 13.0. The molecule has 116 valence electrons. The van der Waals surface area contributed by atoms with Gasteiger partial charge in [0.2, 0.25) is 0 Å². The first kappa shape index (κ1) is 16.8. The number of aliphatic hydroxyl groups is 1. The summed E-state index contributed by atoms with van der Waals surface area (Å²) in [6.45, 7) is 3.09. The van der Waals surface area contributed by atoms with Crippen LogP contribution in [0, 0.1) is 0 Å². The standard InChI is InChI=1S/C14H20N2O5/c1-8(17)11-6-5-10(20-4)7-12(11)21-9(2)13(18)16-14(19)15-3/h5-9,17H,1-4H3,(H2,15,16,18,19)/t8-,9?/m0/s1. The van der Waals surface area contributed by atoms with Gasteiger partial charge in [0.05, 0.1) is 13.2 Å². The lowest BCUT2D eigenvalue weighted by Gasteiger charge is -2.18. The van der Waals surface area contributed by atoms with E-state index in [9.17, 15) is 14.7 Å². The molecule has 2 atom stereocenters. The van der Waals surface area contributed by atoms with Crippen LogP contribution in [-0.2, 0) is 4.79 Å². The quantitative estimate of drug-likeness (QED) is 0.752. The zero-order chi connectivity index (χ0) is 16.0. The van der Waals surface area contributed by atoms with E-state index in [2.05, 4.69) is 10.6 Å². The molecule has 0 saturated heterocycles. The maximum absolute atomic E-state index is 11.8. The second kappa shape index (κ2) is 7.49. The summed E-state index contributed by atoms with van der Waals surface area (Å²) in [4.78, 5) is 22.9. The van der Waals surface area contributed by atoms with E-state index in [1.807, 2.05) is 0 Å². The highest BCUT2D eigenvalue weighted by atomic mass is 16.5. The van der Waals surface area contributed by atoms with Crippen molar-refractivity contribution < 1.29 is 24.2 Å². The zero-order valence-electron chi connectivity index (χ0n) is 12.5. The van der Waals surface area contributed by atoms with Crippen molar-refractivity contribution in [3.8, 4) is 11.5 Å². The molecule has 0 aliphatic heterocycles. The number of aliphatic hydroxyl groups excluding tert-OH is 1. The topological polar surface area (TPSA) is 96.9 Å². The summed E-state index contributed by atoms with van der Waals surface area (Å²) in [5, 5.41) is 14.1. The summed E-state index contributed by atoms with van der Waals surface area (Å²) in [7, 11) is 2.91. The number of rotatable bonds is 5. The summed E-state index contributed by atoms with van der Waals surface area (Å²) in [6.07, 6.45) is -1.67. The highest BCUT2D eigenvalue weighted by molar-refractivity contribution is 5.96. The Kier molecular flexibility index (Phi) is 5.98. The number of carbonyl (C=O) groups is 2. The van der Waals surface area contributed by atoms with Crippen LogP contribution in [0.1, 0.15) is 25.5 Å². The van der Waals surface area contributed by atoms with Gasteiger partial charge in [-0.25, -0.2) is 4.79 Å². The van der Waals surface area contributed by atoms with Crippen molar-refractivity contribution in [3.63, 3.8) is 0 Å². The van der Waals surface area contributed by atoms with E-state index in [1.54, 1.807) is 25.1 Å². The van der Waals surface area contributed by atoms with E-state index in [1.165, 1.54) is 21.1 Å². The Morgan fingerprint density at radius 3 is 2.48 bits per heavy atom. The number of carbonyl (C=O) groups excluding carboxylic acids is 2. The first-order valence-corrected chi connectivity index (χ1v) is 6.44. The molecule has 0 saturated carbocycles. The Hall–Kier alpha value is -2.28. The van der Waals surface area contributed by atoms with Gasteiger partial charge in [-0.3, -0.25) is 10.1 Å². The SMILES string of the molecule is CNC(=O)NC(=O)C(C)Oc1cc(OC)ccc1[C@H](C)O. The van der Waals surface area contributed by atoms with Gasteiger partial charge in [0.25, 0.3) is 5.91 Å². The molecule has 7 nitrogen and oxygen atoms in total. The zero-order valence-corrected chi connectivity index (χ0v) is 12.5. The van der Waals surface area contributed by atoms with Gasteiger partial charge >= 0.3 is 6.03 Å². The van der Waals surface area contributed by atoms with Gasteiger partial charge in [0.15, 0.2) is 6.10 Å². The van der Waals surface area contributed by atoms with E-state index >= 15 is 0 Å². The molecule has 0 heterocycles. The number of urea groups is 1. The van der Waals surface area contributed by atoms with Gasteiger partial charge in [0.1, 0.15) is 11.5 Å². The molecule has 1 rings (SSSR count). The van der Waals surface area contributed by atoms with Crippen molar-refractivity contribution in [2.45, 2.75) is 26.1 Å². The predicted octanol–water partition coefficient (Wildman–Crippen LogP) is 0.971. The molecule has 1 aromatic carbocycles. The molecule has 0 aliphatic carbocycles. The summed E-state index contributed by atoms with van der Waals surface area (Å²) in [6, 6.07) is 4.30. The average Bonchev–Trinajstić information content (AvgIpc) is 2.46. The number of hydrogen-bond acceptors (Lipinski definition) is 5. The van der Waals surface area contributed by atoms with Crippen LogP contribution in [0.25, 0.3) is 0 Å². The van der Waals surface area contributed by atoms with Crippen LogP contribution >= 0.6 is 0 Å². The number of benzene rings is 1. The van der Waals surface area contributed by atoms with Crippen LogP contribution in [-0.4, -0.2) is 37.3 Å². The molecule has 1 unspecified atom stereocenters. The molecule has 3 N–H and O–H groups in total. The first-order valence-electron chi connectivity index (χ1n) is 6.44. The lowest BCUT2D eigenvalue weighted by Crippen LogP contribution is -2.44. The molecule has 0 aliphatic rings. The number of amides is 3. The fourth-order valence-electron chi connectivity index (χ4n) is 1.61. The van der Waals surface area contributed by atoms with Crippen LogP contribution in [0.4, 0.5) is 4.79 Å². The van der Waals surface area contributed by atoms with Crippen molar-refractivity contribution in [3.05, 3.63) is 23.8 Å². The molecule has 1 aromatic rings. The number of hydrogen-bond donors (Lipinski definition) is 3. The molecular formula is C14H20N2O5. The van der Waals surface area contributed by atoms with Crippen LogP contribution in [0.3, 0.4) is 0 Å². The molecular weight excluding hydrogens is 276 g/mol. The second-order valence-electron chi connectivity index (χ2n) is 4.41. The average molecular weight is 296 g/mol. The van der Waals surface area contributed by atoms with Gasteiger partial charge in [-0.2, -0.15) is 0 Å². The largest absolute Gasteiger partial charge is 0.497 e. The smallest absolute Gasteiger partial charge is 0.321 e. The Labute approximate surface area is 123 Å². The Bertz CT molecular complexity index is 516. The molecule has 0 bridgehead atoms. The lowest BCUT2D eigenvalue weighted by molar-refractivity contribution is -0.126.